The predicted molar refractivity (Wildman–Crippen MR) is 102 cm³/mol. The Balaban J connectivity index is 1.64. The summed E-state index contributed by atoms with van der Waals surface area (Å²) in [6, 6.07) is 11.8. The summed E-state index contributed by atoms with van der Waals surface area (Å²) in [5.74, 6) is -0.662. The summed E-state index contributed by atoms with van der Waals surface area (Å²) in [6.45, 7) is 4.09. The molecule has 1 aromatic carbocycles. The lowest BCUT2D eigenvalue weighted by molar-refractivity contribution is 0.0946. The normalized spacial score (nSPS) is 10.6. The fourth-order valence-electron chi connectivity index (χ4n) is 2.56. The van der Waals surface area contributed by atoms with Gasteiger partial charge in [-0.2, -0.15) is 0 Å². The van der Waals surface area contributed by atoms with Crippen molar-refractivity contribution >= 4 is 16.9 Å². The van der Waals surface area contributed by atoms with Gasteiger partial charge in [0.05, 0.1) is 17.6 Å². The molecular weight excluding hydrogens is 345 g/mol. The third-order valence-electron chi connectivity index (χ3n) is 3.98. The highest BCUT2D eigenvalue weighted by Crippen LogP contribution is 2.21. The van der Waals surface area contributed by atoms with Crippen LogP contribution < -0.4 is 10.1 Å². The molecule has 6 heteroatoms. The second-order valence-electron chi connectivity index (χ2n) is 5.93. The quantitative estimate of drug-likeness (QED) is 0.483. The Bertz CT molecular complexity index is 959. The Morgan fingerprint density at radius 3 is 2.93 bits per heavy atom. The number of hydrogen-bond acceptors (Lipinski definition) is 4. The molecule has 0 atom stereocenters. The van der Waals surface area contributed by atoms with Crippen LogP contribution in [0.4, 0.5) is 4.39 Å². The molecule has 0 bridgehead atoms. The Labute approximate surface area is 156 Å². The standard InChI is InChI=1S/C21H20FN3O2/c1-2-3-4-13-27-19-9-5-7-15(20(19)22)14-24-21(26)18-11-10-16-17(25-18)8-6-12-23-16/h2,5-12H,1,3-4,13-14H2,(H,24,26). The third-order valence-corrected chi connectivity index (χ3v) is 3.98. The van der Waals surface area contributed by atoms with Crippen LogP contribution in [0.2, 0.25) is 0 Å². The van der Waals surface area contributed by atoms with Crippen LogP contribution in [-0.4, -0.2) is 22.5 Å². The van der Waals surface area contributed by atoms with Crippen LogP contribution in [-0.2, 0) is 6.54 Å². The zero-order valence-electron chi connectivity index (χ0n) is 14.8. The number of benzene rings is 1. The molecule has 3 rings (SSSR count). The summed E-state index contributed by atoms with van der Waals surface area (Å²) in [5, 5.41) is 2.69. The van der Waals surface area contributed by atoms with E-state index in [2.05, 4.69) is 21.9 Å². The Kier molecular flexibility index (Phi) is 6.10. The maximum absolute atomic E-state index is 14.5. The van der Waals surface area contributed by atoms with Crippen LogP contribution in [0.3, 0.4) is 0 Å². The highest BCUT2D eigenvalue weighted by molar-refractivity contribution is 5.94. The van der Waals surface area contributed by atoms with Crippen LogP contribution in [0.15, 0.2) is 61.3 Å². The van der Waals surface area contributed by atoms with Gasteiger partial charge in [-0.05, 0) is 43.2 Å². The van der Waals surface area contributed by atoms with Crippen molar-refractivity contribution in [3.63, 3.8) is 0 Å². The number of fused-ring (bicyclic) bond motifs is 1. The monoisotopic (exact) mass is 365 g/mol. The number of nitrogens with zero attached hydrogens (tertiary/aromatic N) is 2. The first-order valence-electron chi connectivity index (χ1n) is 8.70. The van der Waals surface area contributed by atoms with Gasteiger partial charge < -0.3 is 10.1 Å². The van der Waals surface area contributed by atoms with Gasteiger partial charge in [-0.25, -0.2) is 9.37 Å². The number of carbonyl (C=O) groups is 1. The lowest BCUT2D eigenvalue weighted by Gasteiger charge is -2.11. The lowest BCUT2D eigenvalue weighted by Crippen LogP contribution is -2.24. The van der Waals surface area contributed by atoms with E-state index in [1.165, 1.54) is 0 Å². The van der Waals surface area contributed by atoms with Crippen LogP contribution in [0.1, 0.15) is 28.9 Å². The molecule has 0 aliphatic carbocycles. The van der Waals surface area contributed by atoms with E-state index in [0.717, 1.165) is 12.8 Å². The topological polar surface area (TPSA) is 64.1 Å². The highest BCUT2D eigenvalue weighted by atomic mass is 19.1. The second kappa shape index (κ2) is 8.89. The molecule has 0 saturated carbocycles. The summed E-state index contributed by atoms with van der Waals surface area (Å²) >= 11 is 0. The van der Waals surface area contributed by atoms with Crippen molar-refractivity contribution in [2.24, 2.45) is 0 Å². The molecule has 0 unspecified atom stereocenters. The van der Waals surface area contributed by atoms with Gasteiger partial charge in [0.25, 0.3) is 5.91 Å². The highest BCUT2D eigenvalue weighted by Gasteiger charge is 2.12. The molecule has 0 fully saturated rings. The van der Waals surface area contributed by atoms with E-state index in [4.69, 9.17) is 4.74 Å². The minimum Gasteiger partial charge on any atom is -0.490 e. The molecule has 1 amide bonds. The summed E-state index contributed by atoms with van der Waals surface area (Å²) in [4.78, 5) is 20.8. The summed E-state index contributed by atoms with van der Waals surface area (Å²) < 4.78 is 20.0. The molecule has 138 valence electrons. The van der Waals surface area contributed by atoms with Gasteiger partial charge >= 0.3 is 0 Å². The minimum atomic E-state index is -0.466. The van der Waals surface area contributed by atoms with Crippen molar-refractivity contribution in [3.8, 4) is 5.75 Å². The number of nitrogens with one attached hydrogen (secondary N) is 1. The van der Waals surface area contributed by atoms with E-state index in [1.54, 1.807) is 54.7 Å². The van der Waals surface area contributed by atoms with E-state index >= 15 is 0 Å². The zero-order chi connectivity index (χ0) is 19.1. The average Bonchev–Trinajstić information content (AvgIpc) is 2.70. The maximum atomic E-state index is 14.5. The van der Waals surface area contributed by atoms with E-state index in [0.29, 0.717) is 23.2 Å². The van der Waals surface area contributed by atoms with E-state index in [9.17, 15) is 9.18 Å². The number of carbonyl (C=O) groups excluding carboxylic acids is 1. The van der Waals surface area contributed by atoms with Crippen molar-refractivity contribution in [2.75, 3.05) is 6.61 Å². The zero-order valence-corrected chi connectivity index (χ0v) is 14.8. The van der Waals surface area contributed by atoms with E-state index < -0.39 is 5.82 Å². The first-order valence-corrected chi connectivity index (χ1v) is 8.70. The van der Waals surface area contributed by atoms with Crippen LogP contribution in [0.25, 0.3) is 11.0 Å². The molecule has 27 heavy (non-hydrogen) atoms. The van der Waals surface area contributed by atoms with Gasteiger partial charge in [0.15, 0.2) is 11.6 Å². The molecule has 0 aliphatic heterocycles. The predicted octanol–water partition coefficient (Wildman–Crippen LogP) is 4.04. The van der Waals surface area contributed by atoms with E-state index in [-0.39, 0.29) is 23.9 Å². The second-order valence-corrected chi connectivity index (χ2v) is 5.93. The molecule has 3 aromatic rings. The van der Waals surface area contributed by atoms with Gasteiger partial charge in [0.1, 0.15) is 5.69 Å². The third kappa shape index (κ3) is 4.67. The van der Waals surface area contributed by atoms with Crippen molar-refractivity contribution in [1.82, 2.24) is 15.3 Å². The van der Waals surface area contributed by atoms with Gasteiger partial charge in [-0.3, -0.25) is 9.78 Å². The molecule has 2 aromatic heterocycles. The molecule has 2 heterocycles. The number of unbranched alkanes of at least 4 members (excludes halogenated alkanes) is 1. The molecule has 0 aliphatic rings. The number of hydrogen-bond donors (Lipinski definition) is 1. The molecular formula is C21H20FN3O2. The smallest absolute Gasteiger partial charge is 0.270 e. The molecule has 0 spiro atoms. The first kappa shape index (κ1) is 18.5. The molecule has 0 radical (unpaired) electrons. The Hall–Kier alpha value is -3.28. The van der Waals surface area contributed by atoms with Gasteiger partial charge in [0.2, 0.25) is 0 Å². The fraction of sp³-hybridized carbons (Fsp3) is 0.190. The van der Waals surface area contributed by atoms with Crippen molar-refractivity contribution in [2.45, 2.75) is 19.4 Å². The summed E-state index contributed by atoms with van der Waals surface area (Å²) in [7, 11) is 0. The molecule has 1 N–H and O–H groups in total. The van der Waals surface area contributed by atoms with Crippen molar-refractivity contribution in [3.05, 3.63) is 78.4 Å². The number of rotatable bonds is 8. The number of pyridine rings is 2. The lowest BCUT2D eigenvalue weighted by atomic mass is 10.2. The van der Waals surface area contributed by atoms with E-state index in [1.807, 2.05) is 0 Å². The number of amides is 1. The number of allylic oxidation sites excluding steroid dienone is 1. The molecule has 0 saturated heterocycles. The largest absolute Gasteiger partial charge is 0.490 e. The van der Waals surface area contributed by atoms with Crippen LogP contribution in [0.5, 0.6) is 5.75 Å². The fourth-order valence-corrected chi connectivity index (χ4v) is 2.56. The van der Waals surface area contributed by atoms with Gasteiger partial charge in [0, 0.05) is 18.3 Å². The Morgan fingerprint density at radius 1 is 1.19 bits per heavy atom. The first-order chi connectivity index (χ1) is 13.2. The van der Waals surface area contributed by atoms with Crippen LogP contribution >= 0.6 is 0 Å². The SMILES string of the molecule is C=CCCCOc1cccc(CNC(=O)c2ccc3ncccc3n2)c1F. The summed E-state index contributed by atoms with van der Waals surface area (Å²) in [6.07, 6.45) is 5.04. The summed E-state index contributed by atoms with van der Waals surface area (Å²) in [5.41, 5.74) is 1.95. The van der Waals surface area contributed by atoms with Crippen molar-refractivity contribution < 1.29 is 13.9 Å². The minimum absolute atomic E-state index is 0.0429. The maximum Gasteiger partial charge on any atom is 0.270 e. The molecule has 5 nitrogen and oxygen atoms in total. The Morgan fingerprint density at radius 2 is 2.07 bits per heavy atom. The van der Waals surface area contributed by atoms with Crippen LogP contribution in [0, 0.1) is 5.82 Å². The van der Waals surface area contributed by atoms with Crippen molar-refractivity contribution in [1.29, 1.82) is 0 Å². The average molecular weight is 365 g/mol. The number of ether oxygens (including phenoxy) is 1. The van der Waals surface area contributed by atoms with Gasteiger partial charge in [-0.1, -0.05) is 18.2 Å². The van der Waals surface area contributed by atoms with Gasteiger partial charge in [-0.15, -0.1) is 6.58 Å². The number of aromatic nitrogens is 2. The number of halogens is 1.